The Morgan fingerprint density at radius 1 is 0.719 bits per heavy atom. The largest absolute Gasteiger partial charge is 0.343 e. The smallest absolute Gasteiger partial charge is 0.0664 e. The molecule has 2 unspecified atom stereocenters. The van der Waals surface area contributed by atoms with Crippen molar-refractivity contribution in [2.45, 2.75) is 11.8 Å². The Morgan fingerprint density at radius 2 is 1.38 bits per heavy atom. The highest BCUT2D eigenvalue weighted by atomic mass is 15.0. The molecular formula is C30H24N2. The zero-order valence-corrected chi connectivity index (χ0v) is 18.0. The van der Waals surface area contributed by atoms with Crippen molar-refractivity contribution in [2.24, 2.45) is 12.0 Å². The van der Waals surface area contributed by atoms with E-state index in [-0.39, 0.29) is 11.8 Å². The molecule has 4 aromatic carbocycles. The van der Waals surface area contributed by atoms with Crippen LogP contribution in [-0.2, 0) is 7.05 Å². The van der Waals surface area contributed by atoms with Gasteiger partial charge in [-0.15, -0.1) is 0 Å². The maximum atomic E-state index is 4.81. The predicted octanol–water partition coefficient (Wildman–Crippen LogP) is 7.48. The van der Waals surface area contributed by atoms with E-state index in [0.29, 0.717) is 0 Å². The molecule has 154 valence electrons. The van der Waals surface area contributed by atoms with Crippen LogP contribution in [0.4, 0.5) is 5.69 Å². The Labute approximate surface area is 188 Å². The van der Waals surface area contributed by atoms with Crippen molar-refractivity contribution in [1.82, 2.24) is 4.57 Å². The normalized spacial score (nSPS) is 15.7. The Bertz CT molecular complexity index is 1430. The fourth-order valence-electron chi connectivity index (χ4n) is 5.29. The summed E-state index contributed by atoms with van der Waals surface area (Å²) in [6.07, 6.45) is 2.15. The molecule has 0 saturated carbocycles. The van der Waals surface area contributed by atoms with Gasteiger partial charge in [0.05, 0.1) is 11.4 Å². The van der Waals surface area contributed by atoms with E-state index in [2.05, 4.69) is 127 Å². The number of fused-ring (bicyclic) bond motifs is 2. The maximum absolute atomic E-state index is 4.81. The first kappa shape index (κ1) is 18.8. The molecule has 0 aliphatic carbocycles. The molecule has 5 aromatic rings. The molecule has 1 aromatic heterocycles. The molecule has 0 saturated heterocycles. The van der Waals surface area contributed by atoms with Gasteiger partial charge in [0.25, 0.3) is 0 Å². The van der Waals surface area contributed by atoms with Crippen LogP contribution in [0.15, 0.2) is 114 Å². The first-order valence-electron chi connectivity index (χ1n) is 11.1. The highest BCUT2D eigenvalue weighted by Crippen LogP contribution is 2.49. The summed E-state index contributed by atoms with van der Waals surface area (Å²) < 4.78 is 2.36. The number of benzene rings is 4. The van der Waals surface area contributed by atoms with Crippen LogP contribution in [0, 0.1) is 0 Å². The number of aryl methyl sites for hydroxylation is 1. The van der Waals surface area contributed by atoms with Gasteiger partial charge in [-0.2, -0.15) is 0 Å². The van der Waals surface area contributed by atoms with E-state index in [0.717, 1.165) is 5.69 Å². The first-order chi connectivity index (χ1) is 15.8. The van der Waals surface area contributed by atoms with E-state index in [1.807, 2.05) is 0 Å². The molecule has 0 fully saturated rings. The molecule has 0 radical (unpaired) electrons. The molecule has 1 aliphatic heterocycles. The van der Waals surface area contributed by atoms with E-state index >= 15 is 0 Å². The van der Waals surface area contributed by atoms with Crippen molar-refractivity contribution < 1.29 is 0 Å². The monoisotopic (exact) mass is 412 g/mol. The Kier molecular flexibility index (Phi) is 4.50. The average molecular weight is 413 g/mol. The van der Waals surface area contributed by atoms with Crippen LogP contribution in [-0.4, -0.2) is 10.8 Å². The molecule has 32 heavy (non-hydrogen) atoms. The molecule has 0 bridgehead atoms. The van der Waals surface area contributed by atoms with E-state index in [1.165, 1.54) is 38.9 Å². The minimum atomic E-state index is 0.157. The van der Waals surface area contributed by atoms with Gasteiger partial charge in [0.15, 0.2) is 0 Å². The van der Waals surface area contributed by atoms with Crippen molar-refractivity contribution in [3.8, 4) is 11.3 Å². The van der Waals surface area contributed by atoms with Gasteiger partial charge < -0.3 is 4.57 Å². The molecule has 2 heterocycles. The summed E-state index contributed by atoms with van der Waals surface area (Å²) in [7, 11) is 2.19. The second-order valence-electron chi connectivity index (χ2n) is 8.46. The van der Waals surface area contributed by atoms with E-state index in [1.54, 1.807) is 0 Å². The summed E-state index contributed by atoms with van der Waals surface area (Å²) >= 11 is 0. The number of hydrogen-bond acceptors (Lipinski definition) is 1. The molecule has 0 N–H and O–H groups in total. The van der Waals surface area contributed by atoms with Gasteiger partial charge in [-0.1, -0.05) is 97.1 Å². The minimum Gasteiger partial charge on any atom is -0.343 e. The maximum Gasteiger partial charge on any atom is 0.0664 e. The number of para-hydroxylation sites is 2. The fourth-order valence-corrected chi connectivity index (χ4v) is 5.29. The number of aromatic nitrogens is 1. The minimum absolute atomic E-state index is 0.157. The Hall–Kier alpha value is -3.91. The zero-order chi connectivity index (χ0) is 21.5. The summed E-state index contributed by atoms with van der Waals surface area (Å²) in [4.78, 5) is 4.81. The highest BCUT2D eigenvalue weighted by molar-refractivity contribution is 5.95. The highest BCUT2D eigenvalue weighted by Gasteiger charge is 2.34. The third kappa shape index (κ3) is 2.91. The van der Waals surface area contributed by atoms with Gasteiger partial charge in [-0.25, -0.2) is 0 Å². The summed E-state index contributed by atoms with van der Waals surface area (Å²) in [6, 6.07) is 39.0. The van der Waals surface area contributed by atoms with Crippen LogP contribution in [0.1, 0.15) is 28.5 Å². The van der Waals surface area contributed by atoms with Crippen LogP contribution in [0.3, 0.4) is 0 Å². The van der Waals surface area contributed by atoms with Gasteiger partial charge in [-0.05, 0) is 34.4 Å². The van der Waals surface area contributed by atoms with Crippen LogP contribution in [0.5, 0.6) is 0 Å². The SMILES string of the molecule is Cn1c(-c2ccccc2)c(C(c2ccccc2)C2C=Nc3ccccc32)c2ccccc21. The lowest BCUT2D eigenvalue weighted by atomic mass is 9.76. The molecule has 2 atom stereocenters. The Morgan fingerprint density at radius 3 is 2.19 bits per heavy atom. The summed E-state index contributed by atoms with van der Waals surface area (Å²) in [5, 5.41) is 1.31. The van der Waals surface area contributed by atoms with Crippen LogP contribution in [0.25, 0.3) is 22.2 Å². The van der Waals surface area contributed by atoms with Crippen LogP contribution in [0.2, 0.25) is 0 Å². The van der Waals surface area contributed by atoms with E-state index in [4.69, 9.17) is 4.99 Å². The topological polar surface area (TPSA) is 17.3 Å². The second kappa shape index (κ2) is 7.65. The van der Waals surface area contributed by atoms with Gasteiger partial charge in [0.1, 0.15) is 0 Å². The predicted molar refractivity (Wildman–Crippen MR) is 134 cm³/mol. The first-order valence-corrected chi connectivity index (χ1v) is 11.1. The van der Waals surface area contributed by atoms with E-state index in [9.17, 15) is 0 Å². The molecule has 6 rings (SSSR count). The zero-order valence-electron chi connectivity index (χ0n) is 18.0. The quantitative estimate of drug-likeness (QED) is 0.291. The average Bonchev–Trinajstić information content (AvgIpc) is 3.41. The third-order valence-electron chi connectivity index (χ3n) is 6.69. The summed E-state index contributed by atoms with van der Waals surface area (Å²) in [5.74, 6) is 0.340. The molecule has 0 spiro atoms. The van der Waals surface area contributed by atoms with Gasteiger partial charge in [0.2, 0.25) is 0 Å². The molecule has 2 nitrogen and oxygen atoms in total. The van der Waals surface area contributed by atoms with Crippen LogP contribution >= 0.6 is 0 Å². The van der Waals surface area contributed by atoms with Crippen molar-refractivity contribution in [2.75, 3.05) is 0 Å². The fraction of sp³-hybridized carbons (Fsp3) is 0.100. The van der Waals surface area contributed by atoms with Crippen LogP contribution < -0.4 is 0 Å². The lowest BCUT2D eigenvalue weighted by Gasteiger charge is -2.25. The number of nitrogens with zero attached hydrogens (tertiary/aromatic N) is 2. The molecule has 0 amide bonds. The molecule has 1 aliphatic rings. The lowest BCUT2D eigenvalue weighted by molar-refractivity contribution is 0.771. The number of aliphatic imine (C=N–C) groups is 1. The van der Waals surface area contributed by atoms with Gasteiger partial charge in [0, 0.05) is 36.0 Å². The van der Waals surface area contributed by atoms with Gasteiger partial charge in [-0.3, -0.25) is 4.99 Å². The Balaban J connectivity index is 1.69. The summed E-state index contributed by atoms with van der Waals surface area (Å²) in [6.45, 7) is 0. The standard InChI is InChI=1S/C30H24N2/c1-32-27-19-11-9-17-24(27)29(30(32)22-14-6-3-7-15-22)28(21-12-4-2-5-13-21)25-20-31-26-18-10-8-16-23(25)26/h2-20,25,28H,1H3. The van der Waals surface area contributed by atoms with E-state index < -0.39 is 0 Å². The van der Waals surface area contributed by atoms with Gasteiger partial charge >= 0.3 is 0 Å². The van der Waals surface area contributed by atoms with Crippen molar-refractivity contribution in [1.29, 1.82) is 0 Å². The molecular weight excluding hydrogens is 388 g/mol. The van der Waals surface area contributed by atoms with Crippen molar-refractivity contribution >= 4 is 22.8 Å². The summed E-state index contributed by atoms with van der Waals surface area (Å²) in [5.41, 5.74) is 8.84. The number of hydrogen-bond donors (Lipinski definition) is 0. The lowest BCUT2D eigenvalue weighted by Crippen LogP contribution is -2.13. The molecule has 2 heteroatoms. The second-order valence-corrected chi connectivity index (χ2v) is 8.46. The van der Waals surface area contributed by atoms with Crippen molar-refractivity contribution in [3.63, 3.8) is 0 Å². The third-order valence-corrected chi connectivity index (χ3v) is 6.69. The van der Waals surface area contributed by atoms with Crippen molar-refractivity contribution in [3.05, 3.63) is 126 Å². The number of rotatable bonds is 4.